The molecule has 3 nitrogen and oxygen atoms in total. The minimum absolute atomic E-state index is 0.645. The topological polar surface area (TPSA) is 18.5 Å². The molecular formula is C16H25N3. The standard InChI is InChI=1S/C16H25N3/c1-2-14-13-17-9-12-19(14)16-7-5-15(6-8-16)18-10-3-4-11-18/h5-8,14,17H,2-4,9-13H2,1H3. The highest BCUT2D eigenvalue weighted by atomic mass is 15.2. The van der Waals surface area contributed by atoms with E-state index in [2.05, 4.69) is 46.3 Å². The zero-order valence-corrected chi connectivity index (χ0v) is 11.9. The third kappa shape index (κ3) is 2.71. The number of nitrogens with zero attached hydrogens (tertiary/aromatic N) is 2. The van der Waals surface area contributed by atoms with Crippen LogP contribution in [0.3, 0.4) is 0 Å². The van der Waals surface area contributed by atoms with Gasteiger partial charge in [0.1, 0.15) is 0 Å². The summed E-state index contributed by atoms with van der Waals surface area (Å²) in [6.45, 7) is 8.08. The van der Waals surface area contributed by atoms with Crippen molar-refractivity contribution >= 4 is 11.4 Å². The van der Waals surface area contributed by atoms with Gasteiger partial charge in [0.2, 0.25) is 0 Å². The molecule has 1 N–H and O–H groups in total. The smallest absolute Gasteiger partial charge is 0.0412 e. The molecule has 2 heterocycles. The third-order valence-corrected chi connectivity index (χ3v) is 4.47. The average molecular weight is 259 g/mol. The van der Waals surface area contributed by atoms with Crippen LogP contribution in [0, 0.1) is 0 Å². The van der Waals surface area contributed by atoms with Crippen LogP contribution in [0.4, 0.5) is 11.4 Å². The highest BCUT2D eigenvalue weighted by Gasteiger charge is 2.21. The summed E-state index contributed by atoms with van der Waals surface area (Å²) in [4.78, 5) is 5.06. The Morgan fingerprint density at radius 1 is 1.05 bits per heavy atom. The van der Waals surface area contributed by atoms with Crippen molar-refractivity contribution in [3.05, 3.63) is 24.3 Å². The minimum atomic E-state index is 0.645. The van der Waals surface area contributed by atoms with Crippen molar-refractivity contribution in [2.24, 2.45) is 0 Å². The van der Waals surface area contributed by atoms with Crippen molar-refractivity contribution in [3.8, 4) is 0 Å². The highest BCUT2D eigenvalue weighted by Crippen LogP contribution is 2.25. The molecule has 1 atom stereocenters. The van der Waals surface area contributed by atoms with Gasteiger partial charge in [0.15, 0.2) is 0 Å². The van der Waals surface area contributed by atoms with Crippen LogP contribution in [0.2, 0.25) is 0 Å². The van der Waals surface area contributed by atoms with Gasteiger partial charge in [0.25, 0.3) is 0 Å². The molecule has 2 aliphatic rings. The summed E-state index contributed by atoms with van der Waals surface area (Å²) in [7, 11) is 0. The van der Waals surface area contributed by atoms with Crippen LogP contribution in [-0.4, -0.2) is 38.8 Å². The lowest BCUT2D eigenvalue weighted by molar-refractivity contribution is 0.466. The molecule has 1 aromatic carbocycles. The van der Waals surface area contributed by atoms with Crippen LogP contribution in [0.5, 0.6) is 0 Å². The third-order valence-electron chi connectivity index (χ3n) is 4.47. The van der Waals surface area contributed by atoms with E-state index in [1.54, 1.807) is 0 Å². The molecule has 2 aliphatic heterocycles. The van der Waals surface area contributed by atoms with Gasteiger partial charge in [-0.3, -0.25) is 0 Å². The van der Waals surface area contributed by atoms with Gasteiger partial charge in [0.05, 0.1) is 0 Å². The van der Waals surface area contributed by atoms with Crippen LogP contribution in [-0.2, 0) is 0 Å². The van der Waals surface area contributed by atoms with Gasteiger partial charge in [-0.25, -0.2) is 0 Å². The Kier molecular flexibility index (Phi) is 3.92. The fourth-order valence-electron chi connectivity index (χ4n) is 3.30. The quantitative estimate of drug-likeness (QED) is 0.899. The minimum Gasteiger partial charge on any atom is -0.372 e. The Labute approximate surface area is 116 Å². The zero-order chi connectivity index (χ0) is 13.1. The van der Waals surface area contributed by atoms with Gasteiger partial charge in [-0.15, -0.1) is 0 Å². The molecule has 0 radical (unpaired) electrons. The summed E-state index contributed by atoms with van der Waals surface area (Å²) in [6, 6.07) is 9.86. The van der Waals surface area contributed by atoms with Crippen LogP contribution in [0.1, 0.15) is 26.2 Å². The van der Waals surface area contributed by atoms with E-state index in [1.165, 1.54) is 43.7 Å². The first-order valence-electron chi connectivity index (χ1n) is 7.71. The maximum Gasteiger partial charge on any atom is 0.0412 e. The second-order valence-electron chi connectivity index (χ2n) is 5.67. The first-order valence-corrected chi connectivity index (χ1v) is 7.71. The molecule has 0 amide bonds. The van der Waals surface area contributed by atoms with Gasteiger partial charge in [-0.05, 0) is 43.5 Å². The number of hydrogen-bond donors (Lipinski definition) is 1. The number of nitrogens with one attached hydrogen (secondary N) is 1. The lowest BCUT2D eigenvalue weighted by atomic mass is 10.1. The second-order valence-corrected chi connectivity index (χ2v) is 5.67. The Balaban J connectivity index is 1.73. The SMILES string of the molecule is CCC1CNCCN1c1ccc(N2CCCC2)cc1. The van der Waals surface area contributed by atoms with Gasteiger partial charge in [-0.2, -0.15) is 0 Å². The largest absolute Gasteiger partial charge is 0.372 e. The zero-order valence-electron chi connectivity index (χ0n) is 11.9. The molecule has 19 heavy (non-hydrogen) atoms. The Bertz CT molecular complexity index is 395. The predicted octanol–water partition coefficient (Wildman–Crippen LogP) is 2.48. The van der Waals surface area contributed by atoms with Gasteiger partial charge < -0.3 is 15.1 Å². The summed E-state index contributed by atoms with van der Waals surface area (Å²) in [5.41, 5.74) is 2.78. The first-order chi connectivity index (χ1) is 9.38. The van der Waals surface area contributed by atoms with E-state index >= 15 is 0 Å². The molecule has 0 aliphatic carbocycles. The maximum atomic E-state index is 3.49. The molecule has 3 heteroatoms. The monoisotopic (exact) mass is 259 g/mol. The van der Waals surface area contributed by atoms with Crippen molar-refractivity contribution in [2.45, 2.75) is 32.2 Å². The number of anilines is 2. The van der Waals surface area contributed by atoms with Crippen LogP contribution < -0.4 is 15.1 Å². The Morgan fingerprint density at radius 3 is 2.42 bits per heavy atom. The summed E-state index contributed by atoms with van der Waals surface area (Å²) in [5, 5.41) is 3.49. The molecule has 2 saturated heterocycles. The number of benzene rings is 1. The van der Waals surface area contributed by atoms with E-state index in [-0.39, 0.29) is 0 Å². The molecule has 3 rings (SSSR count). The lowest BCUT2D eigenvalue weighted by Crippen LogP contribution is -2.51. The molecule has 2 fully saturated rings. The number of rotatable bonds is 3. The van der Waals surface area contributed by atoms with Crippen molar-refractivity contribution in [2.75, 3.05) is 42.5 Å². The summed E-state index contributed by atoms with van der Waals surface area (Å²) in [5.74, 6) is 0. The molecule has 0 spiro atoms. The van der Waals surface area contributed by atoms with Gasteiger partial charge >= 0.3 is 0 Å². The summed E-state index contributed by atoms with van der Waals surface area (Å²) >= 11 is 0. The molecule has 0 saturated carbocycles. The average Bonchev–Trinajstić information content (AvgIpc) is 3.02. The van der Waals surface area contributed by atoms with E-state index in [1.807, 2.05) is 0 Å². The molecule has 0 aromatic heterocycles. The van der Waals surface area contributed by atoms with E-state index in [9.17, 15) is 0 Å². The second kappa shape index (κ2) is 5.83. The molecule has 1 unspecified atom stereocenters. The normalized spacial score (nSPS) is 23.9. The first kappa shape index (κ1) is 12.8. The van der Waals surface area contributed by atoms with E-state index in [0.717, 1.165) is 19.6 Å². The van der Waals surface area contributed by atoms with E-state index in [4.69, 9.17) is 0 Å². The fraction of sp³-hybridized carbons (Fsp3) is 0.625. The number of piperazine rings is 1. The maximum absolute atomic E-state index is 3.49. The van der Waals surface area contributed by atoms with Crippen LogP contribution in [0.25, 0.3) is 0 Å². The van der Waals surface area contributed by atoms with Crippen molar-refractivity contribution in [3.63, 3.8) is 0 Å². The molecular weight excluding hydrogens is 234 g/mol. The molecule has 0 bridgehead atoms. The summed E-state index contributed by atoms with van der Waals surface area (Å²) < 4.78 is 0. The van der Waals surface area contributed by atoms with Crippen molar-refractivity contribution < 1.29 is 0 Å². The van der Waals surface area contributed by atoms with E-state index < -0.39 is 0 Å². The predicted molar refractivity (Wildman–Crippen MR) is 82.2 cm³/mol. The Morgan fingerprint density at radius 2 is 1.74 bits per heavy atom. The number of hydrogen-bond acceptors (Lipinski definition) is 3. The summed E-state index contributed by atoms with van der Waals surface area (Å²) in [6.07, 6.45) is 3.90. The van der Waals surface area contributed by atoms with E-state index in [0.29, 0.717) is 6.04 Å². The highest BCUT2D eigenvalue weighted by molar-refractivity contribution is 5.57. The van der Waals surface area contributed by atoms with Crippen molar-refractivity contribution in [1.82, 2.24) is 5.32 Å². The lowest BCUT2D eigenvalue weighted by Gasteiger charge is -2.37. The molecule has 1 aromatic rings. The Hall–Kier alpha value is -1.22. The van der Waals surface area contributed by atoms with Crippen molar-refractivity contribution in [1.29, 1.82) is 0 Å². The van der Waals surface area contributed by atoms with Gasteiger partial charge in [0, 0.05) is 50.1 Å². The van der Waals surface area contributed by atoms with Crippen LogP contribution >= 0.6 is 0 Å². The fourth-order valence-corrected chi connectivity index (χ4v) is 3.30. The molecule has 104 valence electrons. The van der Waals surface area contributed by atoms with Gasteiger partial charge in [-0.1, -0.05) is 6.92 Å². The van der Waals surface area contributed by atoms with Crippen LogP contribution in [0.15, 0.2) is 24.3 Å².